The van der Waals surface area contributed by atoms with Crippen molar-refractivity contribution in [2.24, 2.45) is 53.3 Å². The van der Waals surface area contributed by atoms with Gasteiger partial charge in [-0.1, -0.05) is 446 Å². The van der Waals surface area contributed by atoms with E-state index in [2.05, 4.69) is 343 Å². The lowest BCUT2D eigenvalue weighted by molar-refractivity contribution is 0.304. The Morgan fingerprint density at radius 1 is 0.125 bits per heavy atom. The van der Waals surface area contributed by atoms with Gasteiger partial charge in [0, 0.05) is 0 Å². The summed E-state index contributed by atoms with van der Waals surface area (Å²) in [5.74, 6) is 16.7. The third-order valence-electron chi connectivity index (χ3n) is 37.3. The van der Waals surface area contributed by atoms with Crippen LogP contribution in [-0.4, -0.2) is 0 Å². The minimum atomic E-state index is 0.841. The van der Waals surface area contributed by atoms with Crippen LogP contribution < -0.4 is 0 Å². The average molecular weight is 1950 g/mol. The first-order valence-electron chi connectivity index (χ1n) is 61.7. The van der Waals surface area contributed by atoms with Crippen molar-refractivity contribution < 1.29 is 0 Å². The minimum Gasteiger partial charge on any atom is -0.0654 e. The second-order valence-corrected chi connectivity index (χ2v) is 48.7. The third-order valence-corrected chi connectivity index (χ3v) is 37.3. The SMILES string of the molecule is CCC1CCC(c2ccc(C)cc2)CC1.CCC1CCC(c2ccc(C)cc2)CC1.CCC1CCC(c2ccc(C)cc2)CC1.CCCC1CCC(c2ccc(C)cc2)CC1.CCCC1CCC(c2ccc(C)cc2)CC1.CCCC1CCC(c2ccc(C)cc2)CC1.CCCCC1CCC(c2ccc(C)cc2)CC1.CCCCC1CCC(c2ccc(C)cc2)CC1.CCCCC1CCC(c2ccc(C)cc2)CC1. The first-order valence-corrected chi connectivity index (χ1v) is 61.7. The molecule has 9 fully saturated rings. The monoisotopic (exact) mass is 1950 g/mol. The van der Waals surface area contributed by atoms with Gasteiger partial charge in [0.1, 0.15) is 0 Å². The van der Waals surface area contributed by atoms with Crippen LogP contribution in [0.1, 0.15) is 562 Å². The molecule has 0 bridgehead atoms. The van der Waals surface area contributed by atoms with Crippen LogP contribution >= 0.6 is 0 Å². The van der Waals surface area contributed by atoms with Crippen molar-refractivity contribution in [2.45, 2.75) is 525 Å². The number of hydrogen-bond acceptors (Lipinski definition) is 0. The Labute approximate surface area is 890 Å². The summed E-state index contributed by atoms with van der Waals surface area (Å²) in [6, 6.07) is 82.6. The van der Waals surface area contributed by atoms with E-state index < -0.39 is 0 Å². The van der Waals surface area contributed by atoms with Gasteiger partial charge in [0.05, 0.1) is 0 Å². The Balaban J connectivity index is 0.000000166. The summed E-state index contributed by atoms with van der Waals surface area (Å²) in [6.45, 7) is 40.4. The maximum atomic E-state index is 2.34. The summed E-state index contributed by atoms with van der Waals surface area (Å²) >= 11 is 0. The van der Waals surface area contributed by atoms with Gasteiger partial charge < -0.3 is 0 Å². The van der Waals surface area contributed by atoms with Crippen molar-refractivity contribution in [1.29, 1.82) is 0 Å². The van der Waals surface area contributed by atoms with Gasteiger partial charge in [0.2, 0.25) is 0 Å². The molecule has 792 valence electrons. The van der Waals surface area contributed by atoms with Crippen LogP contribution in [0.2, 0.25) is 0 Å². The maximum absolute atomic E-state index is 2.34. The fourth-order valence-corrected chi connectivity index (χ4v) is 26.7. The number of hydrogen-bond donors (Lipinski definition) is 0. The molecule has 18 rings (SSSR count). The zero-order valence-corrected chi connectivity index (χ0v) is 96.4. The molecular formula is C144H216. The second-order valence-electron chi connectivity index (χ2n) is 48.7. The maximum Gasteiger partial charge on any atom is -0.0162 e. The molecule has 0 spiro atoms. The largest absolute Gasteiger partial charge is 0.0654 e. The Morgan fingerprint density at radius 3 is 0.326 bits per heavy atom. The van der Waals surface area contributed by atoms with Crippen molar-refractivity contribution in [3.05, 3.63) is 319 Å². The summed E-state index contributed by atoms with van der Waals surface area (Å²) in [6.07, 6.45) is 76.8. The zero-order valence-electron chi connectivity index (χ0n) is 96.4. The van der Waals surface area contributed by atoms with Gasteiger partial charge >= 0.3 is 0 Å². The molecule has 0 N–H and O–H groups in total. The Bertz CT molecular complexity index is 4160. The Kier molecular flexibility index (Phi) is 56.1. The van der Waals surface area contributed by atoms with Crippen LogP contribution in [0.25, 0.3) is 0 Å². The van der Waals surface area contributed by atoms with Crippen molar-refractivity contribution in [3.8, 4) is 0 Å². The Hall–Kier alpha value is -7.02. The van der Waals surface area contributed by atoms with Gasteiger partial charge in [0.25, 0.3) is 0 Å². The topological polar surface area (TPSA) is 0 Å². The van der Waals surface area contributed by atoms with Gasteiger partial charge in [-0.05, 0) is 450 Å². The van der Waals surface area contributed by atoms with E-state index in [1.54, 1.807) is 50.1 Å². The van der Waals surface area contributed by atoms with Crippen molar-refractivity contribution >= 4 is 0 Å². The smallest absolute Gasteiger partial charge is 0.0162 e. The average Bonchev–Trinajstić information content (AvgIpc) is 0.886. The van der Waals surface area contributed by atoms with Crippen LogP contribution in [0.3, 0.4) is 0 Å². The number of aryl methyl sites for hydroxylation is 9. The summed E-state index contributed by atoms with van der Waals surface area (Å²) in [5.41, 5.74) is 26.5. The first kappa shape index (κ1) is 119. The molecule has 0 atom stereocenters. The molecule has 0 amide bonds. The lowest BCUT2D eigenvalue weighted by Crippen LogP contribution is -2.13. The normalized spacial score (nSPS) is 25.6. The fourth-order valence-electron chi connectivity index (χ4n) is 26.7. The number of unbranched alkanes of at least 4 members (excludes halogenated alkanes) is 3. The summed E-state index contributed by atoms with van der Waals surface area (Å²) in [7, 11) is 0. The van der Waals surface area contributed by atoms with Gasteiger partial charge in [-0.15, -0.1) is 0 Å². The van der Waals surface area contributed by atoms with Crippen LogP contribution in [0.5, 0.6) is 0 Å². The zero-order chi connectivity index (χ0) is 102. The highest BCUT2D eigenvalue weighted by Gasteiger charge is 2.30. The highest BCUT2D eigenvalue weighted by Crippen LogP contribution is 2.47. The van der Waals surface area contributed by atoms with E-state index in [1.807, 2.05) is 0 Å². The predicted molar refractivity (Wildman–Crippen MR) is 637 cm³/mol. The Morgan fingerprint density at radius 2 is 0.229 bits per heavy atom. The molecule has 9 saturated carbocycles. The van der Waals surface area contributed by atoms with Crippen molar-refractivity contribution in [1.82, 2.24) is 0 Å². The molecule has 9 aliphatic rings. The molecule has 9 aliphatic carbocycles. The standard InChI is InChI=1S/3C17H26.3C16H24.3C15H22/c3*1-3-4-5-15-8-12-17(13-9-15)16-10-6-14(2)7-11-16;3*1-3-4-14-7-11-16(12-8-14)15-9-5-13(2)6-10-15;3*1-3-13-6-10-15(11-7-13)14-8-4-12(2)5-9-14/h3*6-7,10-11,15,17H,3-5,8-9,12-13H2,1-2H3;3*5-6,9-10,14,16H,3-4,7-8,11-12H2,1-2H3;3*4-5,8-9,13,15H,3,6-7,10-11H2,1-2H3. The highest BCUT2D eigenvalue weighted by atomic mass is 14.4. The van der Waals surface area contributed by atoms with Crippen LogP contribution in [-0.2, 0) is 0 Å². The van der Waals surface area contributed by atoms with E-state index in [0.29, 0.717) is 0 Å². The van der Waals surface area contributed by atoms with Gasteiger partial charge in [-0.25, -0.2) is 0 Å². The molecule has 0 saturated heterocycles. The quantitative estimate of drug-likeness (QED) is 0.0481. The molecule has 0 heterocycles. The summed E-state index contributed by atoms with van der Waals surface area (Å²) in [5, 5.41) is 0. The first-order chi connectivity index (χ1) is 70.1. The van der Waals surface area contributed by atoms with Gasteiger partial charge in [-0.3, -0.25) is 0 Å². The molecule has 0 nitrogen and oxygen atoms in total. The van der Waals surface area contributed by atoms with Gasteiger partial charge in [0.15, 0.2) is 0 Å². The van der Waals surface area contributed by atoms with Crippen molar-refractivity contribution in [3.63, 3.8) is 0 Å². The van der Waals surface area contributed by atoms with E-state index >= 15 is 0 Å². The highest BCUT2D eigenvalue weighted by molar-refractivity contribution is 5.33. The number of benzene rings is 9. The summed E-state index contributed by atoms with van der Waals surface area (Å²) in [4.78, 5) is 0. The second kappa shape index (κ2) is 67.9. The molecule has 144 heavy (non-hydrogen) atoms. The lowest BCUT2D eigenvalue weighted by atomic mass is 9.77. The molecule has 0 aromatic heterocycles. The fraction of sp³-hybridized carbons (Fsp3) is 0.625. The van der Waals surface area contributed by atoms with E-state index in [9.17, 15) is 0 Å². The van der Waals surface area contributed by atoms with Crippen molar-refractivity contribution in [2.75, 3.05) is 0 Å². The van der Waals surface area contributed by atoms with E-state index in [4.69, 9.17) is 0 Å². The number of rotatable bonds is 27. The minimum absolute atomic E-state index is 0.841. The predicted octanol–water partition coefficient (Wildman–Crippen LogP) is 45.6. The molecule has 0 unspecified atom stereocenters. The van der Waals surface area contributed by atoms with Crippen LogP contribution in [0.15, 0.2) is 218 Å². The molecule has 0 aliphatic heterocycles. The molecule has 0 heteroatoms. The van der Waals surface area contributed by atoms with Crippen LogP contribution in [0.4, 0.5) is 0 Å². The molecule has 0 radical (unpaired) electrons. The molecule has 9 aromatic carbocycles. The van der Waals surface area contributed by atoms with Gasteiger partial charge in [-0.2, -0.15) is 0 Å². The summed E-state index contributed by atoms with van der Waals surface area (Å²) < 4.78 is 0. The van der Waals surface area contributed by atoms with E-state index in [1.165, 1.54) is 397 Å². The van der Waals surface area contributed by atoms with E-state index in [-0.39, 0.29) is 0 Å². The molecule has 9 aromatic rings. The van der Waals surface area contributed by atoms with E-state index in [0.717, 1.165) is 107 Å². The lowest BCUT2D eigenvalue weighted by Gasteiger charge is -2.28. The third kappa shape index (κ3) is 43.5. The molecular weight excluding hydrogens is 1730 g/mol. The van der Waals surface area contributed by atoms with Crippen LogP contribution in [0, 0.1) is 116 Å².